The second-order valence-corrected chi connectivity index (χ2v) is 17.0. The monoisotopic (exact) mass is 682 g/mol. The first-order valence-corrected chi connectivity index (χ1v) is 19.0. The molecular weight excluding hydrogens is 639 g/mol. The molecule has 0 bridgehead atoms. The van der Waals surface area contributed by atoms with E-state index >= 15 is 0 Å². The molecule has 10 rings (SSSR count). The lowest BCUT2D eigenvalue weighted by Crippen LogP contribution is -2.53. The fraction of sp³-hybridized carbons (Fsp3) is 0.160. The van der Waals surface area contributed by atoms with Crippen molar-refractivity contribution in [3.63, 3.8) is 0 Å². The van der Waals surface area contributed by atoms with Crippen molar-refractivity contribution in [2.24, 2.45) is 0 Å². The highest BCUT2D eigenvalue weighted by molar-refractivity contribution is 6.88. The van der Waals surface area contributed by atoms with Gasteiger partial charge in [0.2, 0.25) is 0 Å². The second-order valence-electron chi connectivity index (χ2n) is 17.0. The third kappa shape index (κ3) is 4.73. The van der Waals surface area contributed by atoms with Gasteiger partial charge >= 0.3 is 6.85 Å². The topological polar surface area (TPSA) is 9.86 Å². The van der Waals surface area contributed by atoms with Gasteiger partial charge < -0.3 is 9.05 Å². The average molecular weight is 683 g/mol. The Hall–Kier alpha value is -5.80. The van der Waals surface area contributed by atoms with Crippen LogP contribution in [0, 0.1) is 0 Å². The molecular formula is C50H43BN2. The van der Waals surface area contributed by atoms with E-state index in [1.165, 1.54) is 93.6 Å². The van der Waals surface area contributed by atoms with E-state index in [1.807, 2.05) is 0 Å². The number of aromatic nitrogens is 2. The normalized spacial score (nSPS) is 13.1. The lowest BCUT2D eigenvalue weighted by Gasteiger charge is -2.31. The summed E-state index contributed by atoms with van der Waals surface area (Å²) < 4.78 is 5.28. The molecule has 3 heteroatoms. The summed E-state index contributed by atoms with van der Waals surface area (Å²) in [6.45, 7) is 13.9. The van der Waals surface area contributed by atoms with Crippen molar-refractivity contribution in [2.45, 2.75) is 52.4 Å². The molecule has 0 N–H and O–H groups in total. The second kappa shape index (κ2) is 11.4. The molecule has 0 spiro atoms. The molecule has 0 radical (unpaired) electrons. The maximum atomic E-state index is 2.72. The lowest BCUT2D eigenvalue weighted by molar-refractivity contribution is 0.590. The zero-order valence-corrected chi connectivity index (χ0v) is 31.4. The summed E-state index contributed by atoms with van der Waals surface area (Å²) in [4.78, 5) is 0. The molecule has 7 aromatic carbocycles. The summed E-state index contributed by atoms with van der Waals surface area (Å²) in [5.41, 5.74) is 16.7. The molecule has 1 aliphatic rings. The van der Waals surface area contributed by atoms with E-state index in [-0.39, 0.29) is 17.7 Å². The van der Waals surface area contributed by atoms with Crippen LogP contribution in [-0.2, 0) is 10.8 Å². The predicted octanol–water partition coefficient (Wildman–Crippen LogP) is 11.8. The van der Waals surface area contributed by atoms with Crippen LogP contribution < -0.4 is 10.9 Å². The summed E-state index contributed by atoms with van der Waals surface area (Å²) >= 11 is 0. The maximum Gasteiger partial charge on any atom is 0.332 e. The number of nitrogens with zero attached hydrogens (tertiary/aromatic N) is 2. The molecule has 2 nitrogen and oxygen atoms in total. The molecule has 0 aliphatic carbocycles. The summed E-state index contributed by atoms with van der Waals surface area (Å²) in [5, 5.41) is 5.22. The number of hydrogen-bond acceptors (Lipinski definition) is 0. The highest BCUT2D eigenvalue weighted by atomic mass is 15.0. The van der Waals surface area contributed by atoms with Gasteiger partial charge in [0.1, 0.15) is 0 Å². The third-order valence-electron chi connectivity index (χ3n) is 11.7. The van der Waals surface area contributed by atoms with Gasteiger partial charge in [-0.2, -0.15) is 0 Å². The number of fused-ring (bicyclic) bond motifs is 8. The SMILES string of the molecule is CC(C)(C)c1ccc2c(c1)c1cc(C(C)(C)C)cc3c1n2-c1ccccc1B3n1c2c(-c3ccccc3)cccc2c2cccc(-c3ccccc3)c21. The first-order valence-electron chi connectivity index (χ1n) is 19.0. The molecule has 0 amide bonds. The molecule has 256 valence electrons. The van der Waals surface area contributed by atoms with Crippen molar-refractivity contribution < 1.29 is 0 Å². The molecule has 0 fully saturated rings. The quantitative estimate of drug-likeness (QED) is 0.164. The van der Waals surface area contributed by atoms with Crippen molar-refractivity contribution in [3.05, 3.63) is 163 Å². The first-order chi connectivity index (χ1) is 25.6. The van der Waals surface area contributed by atoms with Crippen LogP contribution in [0.5, 0.6) is 0 Å². The Bertz CT molecular complexity index is 2800. The Morgan fingerprint density at radius 3 is 1.55 bits per heavy atom. The number of para-hydroxylation sites is 3. The van der Waals surface area contributed by atoms with Crippen LogP contribution in [0.2, 0.25) is 0 Å². The van der Waals surface area contributed by atoms with E-state index < -0.39 is 0 Å². The Labute approximate surface area is 312 Å². The molecule has 0 unspecified atom stereocenters. The number of rotatable bonds is 3. The van der Waals surface area contributed by atoms with Gasteiger partial charge in [0.05, 0.1) is 11.0 Å². The molecule has 9 aromatic rings. The average Bonchev–Trinajstić information content (AvgIpc) is 3.68. The lowest BCUT2D eigenvalue weighted by atomic mass is 9.47. The molecule has 53 heavy (non-hydrogen) atoms. The van der Waals surface area contributed by atoms with Crippen LogP contribution in [0.1, 0.15) is 52.7 Å². The van der Waals surface area contributed by atoms with Gasteiger partial charge in [0, 0.05) is 49.4 Å². The Kier molecular flexibility index (Phi) is 6.83. The maximum absolute atomic E-state index is 2.72. The third-order valence-corrected chi connectivity index (χ3v) is 11.7. The molecule has 2 aromatic heterocycles. The summed E-state index contributed by atoms with van der Waals surface area (Å²) in [6.07, 6.45) is 0. The van der Waals surface area contributed by atoms with Gasteiger partial charge in [-0.25, -0.2) is 0 Å². The van der Waals surface area contributed by atoms with Crippen LogP contribution in [-0.4, -0.2) is 15.9 Å². The van der Waals surface area contributed by atoms with E-state index in [0.29, 0.717) is 0 Å². The van der Waals surface area contributed by atoms with Gasteiger partial charge in [-0.15, -0.1) is 0 Å². The van der Waals surface area contributed by atoms with Crippen molar-refractivity contribution in [1.29, 1.82) is 0 Å². The summed E-state index contributed by atoms with van der Waals surface area (Å²) in [6, 6.07) is 57.0. The van der Waals surface area contributed by atoms with Crippen LogP contribution in [0.25, 0.3) is 71.6 Å². The molecule has 0 saturated carbocycles. The van der Waals surface area contributed by atoms with Crippen LogP contribution >= 0.6 is 0 Å². The zero-order valence-electron chi connectivity index (χ0n) is 31.4. The van der Waals surface area contributed by atoms with E-state index in [9.17, 15) is 0 Å². The summed E-state index contributed by atoms with van der Waals surface area (Å²) in [7, 11) is 0. The van der Waals surface area contributed by atoms with Crippen molar-refractivity contribution in [1.82, 2.24) is 9.05 Å². The fourth-order valence-electron chi connectivity index (χ4n) is 9.02. The molecule has 1 aliphatic heterocycles. The first kappa shape index (κ1) is 31.9. The van der Waals surface area contributed by atoms with Crippen LogP contribution in [0.3, 0.4) is 0 Å². The van der Waals surface area contributed by atoms with E-state index in [2.05, 4.69) is 202 Å². The largest absolute Gasteiger partial charge is 0.375 e. The fourth-order valence-corrected chi connectivity index (χ4v) is 9.02. The van der Waals surface area contributed by atoms with E-state index in [1.54, 1.807) is 0 Å². The minimum absolute atomic E-state index is 0.0400. The van der Waals surface area contributed by atoms with Gasteiger partial charge in [0.15, 0.2) is 0 Å². The smallest absolute Gasteiger partial charge is 0.332 e. The Morgan fingerprint density at radius 1 is 0.415 bits per heavy atom. The minimum Gasteiger partial charge on any atom is -0.375 e. The van der Waals surface area contributed by atoms with E-state index in [4.69, 9.17) is 0 Å². The van der Waals surface area contributed by atoms with Crippen LogP contribution in [0.15, 0.2) is 152 Å². The van der Waals surface area contributed by atoms with Gasteiger partial charge in [0.25, 0.3) is 0 Å². The predicted molar refractivity (Wildman–Crippen MR) is 229 cm³/mol. The zero-order chi connectivity index (χ0) is 36.2. The van der Waals surface area contributed by atoms with Crippen molar-refractivity contribution in [2.75, 3.05) is 0 Å². The number of hydrogen-bond donors (Lipinski definition) is 0. The highest BCUT2D eigenvalue weighted by Crippen LogP contribution is 2.43. The van der Waals surface area contributed by atoms with Gasteiger partial charge in [-0.05, 0) is 68.3 Å². The summed E-state index contributed by atoms with van der Waals surface area (Å²) in [5.74, 6) is 0. The highest BCUT2D eigenvalue weighted by Gasteiger charge is 2.38. The van der Waals surface area contributed by atoms with Crippen LogP contribution in [0.4, 0.5) is 0 Å². The minimum atomic E-state index is -0.0791. The number of benzene rings is 7. The standard InChI is InChI=1S/C50H43BN2/c1-49(2,3)34-27-28-44-40(29-34)41-30-35(50(4,5)6)31-43-48(41)52(44)45-26-14-13-25-42(45)51(43)53-46-36(32-17-9-7-10-18-32)21-15-23-38(46)39-24-16-22-37(47(39)53)33-19-11-8-12-20-33/h7-31H,1-6H3. The van der Waals surface area contributed by atoms with Crippen molar-refractivity contribution in [3.8, 4) is 27.9 Å². The van der Waals surface area contributed by atoms with E-state index in [0.717, 1.165) is 0 Å². The Morgan fingerprint density at radius 2 is 0.962 bits per heavy atom. The molecule has 0 atom stereocenters. The van der Waals surface area contributed by atoms with Crippen molar-refractivity contribution >= 4 is 61.4 Å². The molecule has 3 heterocycles. The molecule has 0 saturated heterocycles. The Balaban J connectivity index is 1.44. The van der Waals surface area contributed by atoms with Gasteiger partial charge in [-0.3, -0.25) is 0 Å². The van der Waals surface area contributed by atoms with Gasteiger partial charge in [-0.1, -0.05) is 169 Å².